The number of rotatable bonds is 6. The van der Waals surface area contributed by atoms with Crippen LogP contribution in [0.5, 0.6) is 5.75 Å². The van der Waals surface area contributed by atoms with E-state index in [0.717, 1.165) is 26.9 Å². The molecule has 1 N–H and O–H groups in total. The number of anilines is 1. The number of fused-ring (bicyclic) bond motifs is 2. The van der Waals surface area contributed by atoms with Crippen LogP contribution in [0.15, 0.2) is 70.0 Å². The lowest BCUT2D eigenvalue weighted by molar-refractivity contribution is -0.120. The number of amides is 1. The van der Waals surface area contributed by atoms with E-state index >= 15 is 0 Å². The standard InChI is InChI=1S/C26H24BrN3O4S2/c1-3-34-22-11-9-19(27)14-24(22)36(32,33)30-15-18-7-5-4-6-17(18)13-21(30)25(31)29-26-28-20-10-8-16(2)12-23(20)35-26/h4-12,14,21H,3,13,15H2,1-2H3,(H,28,29,31)/t21-/m0/s1. The van der Waals surface area contributed by atoms with Gasteiger partial charge in [-0.1, -0.05) is 57.6 Å². The Morgan fingerprint density at radius 1 is 1.17 bits per heavy atom. The molecular formula is C26H24BrN3O4S2. The summed E-state index contributed by atoms with van der Waals surface area (Å²) in [6.07, 6.45) is 0.253. The summed E-state index contributed by atoms with van der Waals surface area (Å²) in [7, 11) is -4.10. The van der Waals surface area contributed by atoms with Gasteiger partial charge >= 0.3 is 0 Å². The quantitative estimate of drug-likeness (QED) is 0.322. The van der Waals surface area contributed by atoms with Gasteiger partial charge in [-0.25, -0.2) is 13.4 Å². The first-order valence-corrected chi connectivity index (χ1v) is 14.5. The molecule has 1 aliphatic heterocycles. The van der Waals surface area contributed by atoms with E-state index in [1.54, 1.807) is 19.1 Å². The van der Waals surface area contributed by atoms with Gasteiger partial charge in [-0.15, -0.1) is 0 Å². The SMILES string of the molecule is CCOc1ccc(Br)cc1S(=O)(=O)N1Cc2ccccc2C[C@H]1C(=O)Nc1nc2ccc(C)cc2s1. The number of carbonyl (C=O) groups excluding carboxylic acids is 1. The molecule has 1 amide bonds. The van der Waals surface area contributed by atoms with Gasteiger partial charge in [-0.3, -0.25) is 4.79 Å². The summed E-state index contributed by atoms with van der Waals surface area (Å²) in [6.45, 7) is 4.19. The number of aromatic nitrogens is 1. The average Bonchev–Trinajstić information content (AvgIpc) is 3.25. The second kappa shape index (κ2) is 9.93. The molecule has 186 valence electrons. The van der Waals surface area contributed by atoms with Crippen molar-refractivity contribution in [1.29, 1.82) is 0 Å². The normalized spacial score (nSPS) is 16.0. The molecule has 10 heteroatoms. The molecule has 3 aromatic carbocycles. The molecule has 5 rings (SSSR count). The fraction of sp³-hybridized carbons (Fsp3) is 0.231. The maximum Gasteiger partial charge on any atom is 0.247 e. The summed E-state index contributed by atoms with van der Waals surface area (Å²) in [5.74, 6) is -0.169. The Kier molecular flexibility index (Phi) is 6.86. The largest absolute Gasteiger partial charge is 0.492 e. The summed E-state index contributed by atoms with van der Waals surface area (Å²) in [4.78, 5) is 18.1. The molecule has 4 aromatic rings. The topological polar surface area (TPSA) is 88.6 Å². The highest BCUT2D eigenvalue weighted by molar-refractivity contribution is 9.10. The number of hydrogen-bond donors (Lipinski definition) is 1. The lowest BCUT2D eigenvalue weighted by atomic mass is 9.95. The van der Waals surface area contributed by atoms with E-state index in [1.165, 1.54) is 21.7 Å². The molecule has 0 spiro atoms. The van der Waals surface area contributed by atoms with Crippen LogP contribution in [0.1, 0.15) is 23.6 Å². The van der Waals surface area contributed by atoms with Crippen molar-refractivity contribution in [2.45, 2.75) is 37.8 Å². The molecule has 1 atom stereocenters. The fourth-order valence-corrected chi connectivity index (χ4v) is 7.54. The fourth-order valence-electron chi connectivity index (χ4n) is 4.33. The summed E-state index contributed by atoms with van der Waals surface area (Å²) < 4.78 is 36.5. The Bertz CT molecular complexity index is 1570. The van der Waals surface area contributed by atoms with Gasteiger partial charge in [0.05, 0.1) is 16.8 Å². The minimum atomic E-state index is -4.10. The Morgan fingerprint density at radius 2 is 1.94 bits per heavy atom. The third-order valence-electron chi connectivity index (χ3n) is 6.07. The predicted molar refractivity (Wildman–Crippen MR) is 145 cm³/mol. The van der Waals surface area contributed by atoms with E-state index in [0.29, 0.717) is 16.2 Å². The van der Waals surface area contributed by atoms with E-state index in [9.17, 15) is 13.2 Å². The summed E-state index contributed by atoms with van der Waals surface area (Å²) in [6, 6.07) is 17.4. The number of thiazole rings is 1. The average molecular weight is 587 g/mol. The second-order valence-electron chi connectivity index (χ2n) is 8.54. The third kappa shape index (κ3) is 4.78. The van der Waals surface area contributed by atoms with Gasteiger partial charge < -0.3 is 10.1 Å². The zero-order valence-electron chi connectivity index (χ0n) is 19.7. The van der Waals surface area contributed by atoms with Gasteiger partial charge in [-0.2, -0.15) is 4.31 Å². The molecule has 1 aliphatic rings. The van der Waals surface area contributed by atoms with Gasteiger partial charge in [0.15, 0.2) is 5.13 Å². The number of benzene rings is 3. The zero-order valence-corrected chi connectivity index (χ0v) is 22.9. The first-order valence-electron chi connectivity index (χ1n) is 11.5. The van der Waals surface area contributed by atoms with Crippen LogP contribution in [0, 0.1) is 6.92 Å². The molecule has 0 saturated carbocycles. The lowest BCUT2D eigenvalue weighted by Crippen LogP contribution is -2.50. The predicted octanol–water partition coefficient (Wildman–Crippen LogP) is 5.52. The molecule has 0 unspecified atom stereocenters. The van der Waals surface area contributed by atoms with Crippen molar-refractivity contribution in [2.75, 3.05) is 11.9 Å². The molecule has 2 heterocycles. The zero-order chi connectivity index (χ0) is 25.4. The minimum Gasteiger partial charge on any atom is -0.492 e. The highest BCUT2D eigenvalue weighted by atomic mass is 79.9. The molecule has 7 nitrogen and oxygen atoms in total. The van der Waals surface area contributed by atoms with E-state index in [2.05, 4.69) is 26.2 Å². The van der Waals surface area contributed by atoms with E-state index in [1.807, 2.05) is 49.4 Å². The molecule has 0 saturated heterocycles. The molecular weight excluding hydrogens is 562 g/mol. The molecule has 0 bridgehead atoms. The number of hydrogen-bond acceptors (Lipinski definition) is 6. The van der Waals surface area contributed by atoms with Crippen molar-refractivity contribution >= 4 is 58.5 Å². The van der Waals surface area contributed by atoms with Crippen molar-refractivity contribution in [2.24, 2.45) is 0 Å². The Balaban J connectivity index is 1.54. The third-order valence-corrected chi connectivity index (χ3v) is 9.38. The van der Waals surface area contributed by atoms with Crippen LogP contribution in [0.3, 0.4) is 0 Å². The van der Waals surface area contributed by atoms with E-state index < -0.39 is 22.0 Å². The number of nitrogens with zero attached hydrogens (tertiary/aromatic N) is 2. The van der Waals surface area contributed by atoms with Crippen LogP contribution in [0.25, 0.3) is 10.2 Å². The van der Waals surface area contributed by atoms with Crippen molar-refractivity contribution in [3.63, 3.8) is 0 Å². The molecule has 1 aromatic heterocycles. The molecule has 0 aliphatic carbocycles. The number of nitrogens with one attached hydrogen (secondary N) is 1. The maximum atomic E-state index is 14.0. The van der Waals surface area contributed by atoms with Crippen LogP contribution in [0.2, 0.25) is 0 Å². The van der Waals surface area contributed by atoms with Crippen molar-refractivity contribution in [3.05, 3.63) is 81.8 Å². The smallest absolute Gasteiger partial charge is 0.247 e. The molecule has 0 radical (unpaired) electrons. The van der Waals surface area contributed by atoms with Gasteiger partial charge in [0.2, 0.25) is 15.9 Å². The lowest BCUT2D eigenvalue weighted by Gasteiger charge is -2.35. The van der Waals surface area contributed by atoms with Gasteiger partial charge in [-0.05, 0) is 67.3 Å². The Hall–Kier alpha value is -2.79. The van der Waals surface area contributed by atoms with E-state index in [4.69, 9.17) is 4.74 Å². The van der Waals surface area contributed by atoms with Crippen LogP contribution >= 0.6 is 27.3 Å². The van der Waals surface area contributed by atoms with E-state index in [-0.39, 0.29) is 23.6 Å². The number of aryl methyl sites for hydroxylation is 1. The number of halogens is 1. The van der Waals surface area contributed by atoms with Crippen molar-refractivity contribution in [3.8, 4) is 5.75 Å². The number of ether oxygens (including phenoxy) is 1. The van der Waals surface area contributed by atoms with Gasteiger partial charge in [0.1, 0.15) is 16.7 Å². The monoisotopic (exact) mass is 585 g/mol. The first kappa shape index (κ1) is 24.9. The Morgan fingerprint density at radius 3 is 2.72 bits per heavy atom. The van der Waals surface area contributed by atoms with Crippen molar-refractivity contribution in [1.82, 2.24) is 9.29 Å². The number of sulfonamides is 1. The molecule has 0 fully saturated rings. The second-order valence-corrected chi connectivity index (χ2v) is 12.3. The van der Waals surface area contributed by atoms with Crippen LogP contribution in [-0.4, -0.2) is 36.3 Å². The summed E-state index contributed by atoms with van der Waals surface area (Å²) in [5, 5.41) is 3.32. The summed E-state index contributed by atoms with van der Waals surface area (Å²) in [5.41, 5.74) is 3.70. The van der Waals surface area contributed by atoms with Gasteiger partial charge in [0, 0.05) is 11.0 Å². The maximum absolute atomic E-state index is 14.0. The first-order chi connectivity index (χ1) is 17.3. The number of carbonyl (C=O) groups is 1. The Labute approximate surface area is 222 Å². The highest BCUT2D eigenvalue weighted by Gasteiger charge is 2.41. The van der Waals surface area contributed by atoms with Crippen LogP contribution < -0.4 is 10.1 Å². The van der Waals surface area contributed by atoms with Crippen LogP contribution in [-0.2, 0) is 27.8 Å². The minimum absolute atomic E-state index is 0.0198. The highest BCUT2D eigenvalue weighted by Crippen LogP contribution is 2.35. The van der Waals surface area contributed by atoms with Gasteiger partial charge in [0.25, 0.3) is 0 Å². The summed E-state index contributed by atoms with van der Waals surface area (Å²) >= 11 is 4.74. The van der Waals surface area contributed by atoms with Crippen LogP contribution in [0.4, 0.5) is 5.13 Å². The van der Waals surface area contributed by atoms with Crippen molar-refractivity contribution < 1.29 is 17.9 Å². The molecule has 36 heavy (non-hydrogen) atoms.